The molecule has 3 rings (SSSR count). The normalized spacial score (nSPS) is 17.0. The van der Waals surface area contributed by atoms with Crippen LogP contribution in [0.4, 0.5) is 0 Å². The van der Waals surface area contributed by atoms with E-state index in [1.165, 1.54) is 0 Å². The zero-order valence-corrected chi connectivity index (χ0v) is 11.6. The summed E-state index contributed by atoms with van der Waals surface area (Å²) in [7, 11) is 1.60. The predicted octanol–water partition coefficient (Wildman–Crippen LogP) is 4.27. The van der Waals surface area contributed by atoms with Crippen molar-refractivity contribution >= 4 is 29.0 Å². The van der Waals surface area contributed by atoms with E-state index in [-0.39, 0.29) is 11.9 Å². The summed E-state index contributed by atoms with van der Waals surface area (Å²) in [6, 6.07) is 10.6. The van der Waals surface area contributed by atoms with Crippen LogP contribution in [-0.2, 0) is 4.74 Å². The fourth-order valence-corrected chi connectivity index (χ4v) is 3.08. The highest BCUT2D eigenvalue weighted by molar-refractivity contribution is 6.36. The Morgan fingerprint density at radius 1 is 1.05 bits per heavy atom. The van der Waals surface area contributed by atoms with Gasteiger partial charge >= 0.3 is 0 Å². The fourth-order valence-electron chi connectivity index (χ4n) is 2.54. The third-order valence-electron chi connectivity index (χ3n) is 3.35. The van der Waals surface area contributed by atoms with Gasteiger partial charge in [0.15, 0.2) is 5.78 Å². The number of hydrogen-bond donors (Lipinski definition) is 0. The topological polar surface area (TPSA) is 26.3 Å². The molecule has 0 N–H and O–H groups in total. The van der Waals surface area contributed by atoms with Crippen LogP contribution in [0.15, 0.2) is 36.4 Å². The molecule has 1 aliphatic rings. The molecule has 2 aromatic carbocycles. The molecule has 1 aliphatic carbocycles. The van der Waals surface area contributed by atoms with E-state index >= 15 is 0 Å². The van der Waals surface area contributed by atoms with Crippen LogP contribution in [0, 0.1) is 0 Å². The van der Waals surface area contributed by atoms with Crippen LogP contribution in [0.2, 0.25) is 10.0 Å². The first-order valence-electron chi connectivity index (χ1n) is 5.79. The number of carbonyl (C=O) groups excluding carboxylic acids is 1. The van der Waals surface area contributed by atoms with Gasteiger partial charge in [0.2, 0.25) is 0 Å². The number of ether oxygens (including phenoxy) is 1. The van der Waals surface area contributed by atoms with E-state index in [1.54, 1.807) is 31.4 Å². The first-order valence-corrected chi connectivity index (χ1v) is 6.55. The van der Waals surface area contributed by atoms with Gasteiger partial charge in [0.25, 0.3) is 0 Å². The lowest BCUT2D eigenvalue weighted by Gasteiger charge is -2.27. The molecule has 0 saturated heterocycles. The van der Waals surface area contributed by atoms with Crippen LogP contribution >= 0.6 is 23.2 Å². The smallest absolute Gasteiger partial charge is 0.195 e. The quantitative estimate of drug-likeness (QED) is 0.784. The molecule has 96 valence electrons. The predicted molar refractivity (Wildman–Crippen MR) is 75.2 cm³/mol. The Morgan fingerprint density at radius 2 is 1.74 bits per heavy atom. The molecule has 19 heavy (non-hydrogen) atoms. The second kappa shape index (κ2) is 4.64. The van der Waals surface area contributed by atoms with Crippen LogP contribution in [0.3, 0.4) is 0 Å². The van der Waals surface area contributed by atoms with Crippen molar-refractivity contribution in [1.29, 1.82) is 0 Å². The van der Waals surface area contributed by atoms with E-state index < -0.39 is 0 Å². The van der Waals surface area contributed by atoms with Crippen molar-refractivity contribution in [1.82, 2.24) is 0 Å². The van der Waals surface area contributed by atoms with Gasteiger partial charge in [-0.2, -0.15) is 0 Å². The fraction of sp³-hybridized carbons (Fsp3) is 0.133. The van der Waals surface area contributed by atoms with Crippen molar-refractivity contribution < 1.29 is 9.53 Å². The lowest BCUT2D eigenvalue weighted by Crippen LogP contribution is -2.21. The molecule has 0 spiro atoms. The van der Waals surface area contributed by atoms with Gasteiger partial charge in [-0.1, -0.05) is 47.5 Å². The van der Waals surface area contributed by atoms with Gasteiger partial charge in [0.05, 0.1) is 5.02 Å². The monoisotopic (exact) mass is 292 g/mol. The van der Waals surface area contributed by atoms with Gasteiger partial charge in [-0.3, -0.25) is 4.79 Å². The number of methoxy groups -OCH3 is 1. The lowest BCUT2D eigenvalue weighted by molar-refractivity contribution is 0.0986. The molecule has 1 unspecified atom stereocenters. The Bertz CT molecular complexity index is 680. The summed E-state index contributed by atoms with van der Waals surface area (Å²) < 4.78 is 5.53. The van der Waals surface area contributed by atoms with E-state index in [0.717, 1.165) is 5.56 Å². The number of rotatable bonds is 1. The summed E-state index contributed by atoms with van der Waals surface area (Å²) in [5.41, 5.74) is 2.54. The summed E-state index contributed by atoms with van der Waals surface area (Å²) >= 11 is 12.4. The molecule has 0 saturated carbocycles. The molecular formula is C15H10Cl2O2. The summed E-state index contributed by atoms with van der Waals surface area (Å²) in [6.07, 6.45) is -0.366. The SMILES string of the molecule is COC1c2cccc(Cl)c2C(=O)c2cccc(Cl)c21. The van der Waals surface area contributed by atoms with Gasteiger partial charge in [-0.15, -0.1) is 0 Å². The molecule has 0 amide bonds. The minimum absolute atomic E-state index is 0.105. The Morgan fingerprint density at radius 3 is 2.47 bits per heavy atom. The average Bonchev–Trinajstić information content (AvgIpc) is 2.40. The van der Waals surface area contributed by atoms with Crippen molar-refractivity contribution in [2.75, 3.05) is 7.11 Å². The van der Waals surface area contributed by atoms with E-state index in [4.69, 9.17) is 27.9 Å². The van der Waals surface area contributed by atoms with Gasteiger partial charge in [0, 0.05) is 28.8 Å². The molecule has 2 aromatic rings. The number of carbonyl (C=O) groups is 1. The number of benzene rings is 2. The van der Waals surface area contributed by atoms with Crippen molar-refractivity contribution in [2.24, 2.45) is 0 Å². The maximum absolute atomic E-state index is 12.5. The van der Waals surface area contributed by atoms with Crippen LogP contribution in [0.5, 0.6) is 0 Å². The third kappa shape index (κ3) is 1.79. The number of halogens is 2. The highest BCUT2D eigenvalue weighted by Gasteiger charge is 2.33. The van der Waals surface area contributed by atoms with E-state index in [9.17, 15) is 4.79 Å². The van der Waals surface area contributed by atoms with Crippen molar-refractivity contribution in [3.05, 3.63) is 68.7 Å². The highest BCUT2D eigenvalue weighted by Crippen LogP contribution is 2.42. The first-order chi connectivity index (χ1) is 9.15. The average molecular weight is 293 g/mol. The second-order valence-corrected chi connectivity index (χ2v) is 5.16. The summed E-state index contributed by atoms with van der Waals surface area (Å²) in [4.78, 5) is 12.5. The van der Waals surface area contributed by atoms with Crippen LogP contribution < -0.4 is 0 Å². The Labute approximate surface area is 120 Å². The molecule has 0 fully saturated rings. The zero-order chi connectivity index (χ0) is 13.6. The highest BCUT2D eigenvalue weighted by atomic mass is 35.5. The molecule has 0 radical (unpaired) electrons. The Balaban J connectivity index is 2.36. The Kier molecular flexibility index (Phi) is 3.09. The summed E-state index contributed by atoms with van der Waals surface area (Å²) in [6.45, 7) is 0. The maximum atomic E-state index is 12.5. The van der Waals surface area contributed by atoms with Crippen LogP contribution in [0.25, 0.3) is 0 Å². The molecule has 0 heterocycles. The summed E-state index contributed by atoms with van der Waals surface area (Å²) in [5.74, 6) is -0.105. The summed E-state index contributed by atoms with van der Waals surface area (Å²) in [5, 5.41) is 0.971. The van der Waals surface area contributed by atoms with Gasteiger partial charge < -0.3 is 4.74 Å². The minimum atomic E-state index is -0.366. The number of ketones is 1. The van der Waals surface area contributed by atoms with Crippen molar-refractivity contribution in [2.45, 2.75) is 6.10 Å². The maximum Gasteiger partial charge on any atom is 0.195 e. The first kappa shape index (κ1) is 12.7. The standard InChI is InChI=1S/C15H10Cl2O2/c1-19-15-9-5-3-6-10(16)12(9)14(18)8-4-2-7-11(17)13(8)15/h2-7,15H,1H3. The lowest BCUT2D eigenvalue weighted by atomic mass is 9.83. The number of hydrogen-bond acceptors (Lipinski definition) is 2. The van der Waals surface area contributed by atoms with E-state index in [2.05, 4.69) is 0 Å². The van der Waals surface area contributed by atoms with Crippen molar-refractivity contribution in [3.8, 4) is 0 Å². The minimum Gasteiger partial charge on any atom is -0.372 e. The second-order valence-electron chi connectivity index (χ2n) is 4.35. The van der Waals surface area contributed by atoms with Crippen molar-refractivity contribution in [3.63, 3.8) is 0 Å². The van der Waals surface area contributed by atoms with Gasteiger partial charge in [-0.25, -0.2) is 0 Å². The van der Waals surface area contributed by atoms with Crippen LogP contribution in [-0.4, -0.2) is 12.9 Å². The molecule has 2 nitrogen and oxygen atoms in total. The molecule has 1 atom stereocenters. The molecule has 0 bridgehead atoms. The molecular weight excluding hydrogens is 283 g/mol. The van der Waals surface area contributed by atoms with E-state index in [1.807, 2.05) is 12.1 Å². The molecule has 4 heteroatoms. The zero-order valence-electron chi connectivity index (χ0n) is 10.1. The van der Waals surface area contributed by atoms with Gasteiger partial charge in [-0.05, 0) is 17.7 Å². The number of fused-ring (bicyclic) bond motifs is 2. The third-order valence-corrected chi connectivity index (χ3v) is 4.00. The molecule has 0 aromatic heterocycles. The Hall–Kier alpha value is -1.35. The van der Waals surface area contributed by atoms with E-state index in [0.29, 0.717) is 26.7 Å². The largest absolute Gasteiger partial charge is 0.372 e. The van der Waals surface area contributed by atoms with Gasteiger partial charge in [0.1, 0.15) is 6.10 Å². The molecule has 0 aliphatic heterocycles. The van der Waals surface area contributed by atoms with Crippen LogP contribution in [0.1, 0.15) is 33.2 Å².